The first-order valence-electron chi connectivity index (χ1n) is 11.1. The molecule has 2 aromatic carbocycles. The molecule has 0 atom stereocenters. The van der Waals surface area contributed by atoms with Gasteiger partial charge in [0.1, 0.15) is 5.75 Å². The number of nitrogens with zero attached hydrogens (tertiary/aromatic N) is 1. The summed E-state index contributed by atoms with van der Waals surface area (Å²) in [5.74, 6) is 0.957. The summed E-state index contributed by atoms with van der Waals surface area (Å²) in [7, 11) is -3.32. The highest BCUT2D eigenvalue weighted by atomic mass is 32.2. The van der Waals surface area contributed by atoms with Crippen LogP contribution < -0.4 is 15.2 Å². The molecule has 1 aliphatic rings. The van der Waals surface area contributed by atoms with Crippen molar-refractivity contribution in [3.8, 4) is 17.0 Å². The van der Waals surface area contributed by atoms with Gasteiger partial charge >= 0.3 is 0 Å². The number of nitrogens with one attached hydrogen (secondary N) is 1. The molecule has 6 nitrogen and oxygen atoms in total. The fourth-order valence-corrected chi connectivity index (χ4v) is 5.74. The van der Waals surface area contributed by atoms with Crippen molar-refractivity contribution < 1.29 is 13.2 Å². The standard InChI is InChI=1S/C24H31N3O3S/c1-3-15-31(28,29)26-18-11-9-17(10-12-18)24-23(25)21-14-13-20(30-4-2)16-22(21)27(24)19-7-5-6-8-19/h9-14,16,19,26H,3-8,15,25H2,1-2H3. The SMILES string of the molecule is CCCS(=O)(=O)Nc1ccc(-c2c(N)c3ccc(OCC)cc3n2C2CCCC2)cc1. The van der Waals surface area contributed by atoms with Gasteiger partial charge in [0, 0.05) is 28.7 Å². The van der Waals surface area contributed by atoms with E-state index in [2.05, 4.69) is 15.4 Å². The zero-order chi connectivity index (χ0) is 22.0. The number of benzene rings is 2. The number of nitrogens with two attached hydrogens (primary N) is 1. The number of hydrogen-bond donors (Lipinski definition) is 2. The molecule has 0 spiro atoms. The molecule has 3 N–H and O–H groups in total. The maximum absolute atomic E-state index is 12.1. The number of sulfonamides is 1. The van der Waals surface area contributed by atoms with Gasteiger partial charge in [-0.05, 0) is 50.5 Å². The molecule has 31 heavy (non-hydrogen) atoms. The second-order valence-corrected chi connectivity index (χ2v) is 10.0. The van der Waals surface area contributed by atoms with Crippen molar-refractivity contribution in [2.45, 2.75) is 52.0 Å². The smallest absolute Gasteiger partial charge is 0.232 e. The van der Waals surface area contributed by atoms with Gasteiger partial charge in [0.25, 0.3) is 0 Å². The lowest BCUT2D eigenvalue weighted by Crippen LogP contribution is -2.16. The van der Waals surface area contributed by atoms with Crippen LogP contribution in [0, 0.1) is 0 Å². The molecule has 1 heterocycles. The maximum Gasteiger partial charge on any atom is 0.232 e. The summed E-state index contributed by atoms with van der Waals surface area (Å²) < 4.78 is 35.0. The Hall–Kier alpha value is -2.67. The fourth-order valence-electron chi connectivity index (χ4n) is 4.60. The summed E-state index contributed by atoms with van der Waals surface area (Å²) in [6, 6.07) is 14.0. The van der Waals surface area contributed by atoms with E-state index < -0.39 is 10.0 Å². The largest absolute Gasteiger partial charge is 0.494 e. The number of anilines is 2. The molecule has 0 bridgehead atoms. The van der Waals surface area contributed by atoms with Crippen LogP contribution in [0.3, 0.4) is 0 Å². The minimum atomic E-state index is -3.32. The number of rotatable bonds is 8. The van der Waals surface area contributed by atoms with E-state index in [-0.39, 0.29) is 5.75 Å². The van der Waals surface area contributed by atoms with E-state index in [4.69, 9.17) is 10.5 Å². The maximum atomic E-state index is 12.1. The molecule has 3 aromatic rings. The average molecular weight is 442 g/mol. The Bertz CT molecular complexity index is 1160. The monoisotopic (exact) mass is 441 g/mol. The third kappa shape index (κ3) is 4.37. The molecule has 1 saturated carbocycles. The molecular formula is C24H31N3O3S. The minimum Gasteiger partial charge on any atom is -0.494 e. The molecule has 7 heteroatoms. The molecule has 0 saturated heterocycles. The van der Waals surface area contributed by atoms with E-state index >= 15 is 0 Å². The van der Waals surface area contributed by atoms with Gasteiger partial charge < -0.3 is 15.0 Å². The quantitative estimate of drug-likeness (QED) is 0.479. The Morgan fingerprint density at radius 2 is 1.81 bits per heavy atom. The summed E-state index contributed by atoms with van der Waals surface area (Å²) in [4.78, 5) is 0. The number of fused-ring (bicyclic) bond motifs is 1. The predicted molar refractivity (Wildman–Crippen MR) is 128 cm³/mol. The van der Waals surface area contributed by atoms with Crippen molar-refractivity contribution in [3.63, 3.8) is 0 Å². The molecular weight excluding hydrogens is 410 g/mol. The van der Waals surface area contributed by atoms with Crippen LogP contribution in [-0.4, -0.2) is 25.3 Å². The first-order valence-corrected chi connectivity index (χ1v) is 12.8. The molecule has 0 amide bonds. The molecule has 4 rings (SSSR count). The van der Waals surface area contributed by atoms with Crippen molar-refractivity contribution >= 4 is 32.3 Å². The van der Waals surface area contributed by atoms with E-state index in [1.165, 1.54) is 12.8 Å². The van der Waals surface area contributed by atoms with Crippen molar-refractivity contribution in [2.24, 2.45) is 0 Å². The Balaban J connectivity index is 1.79. The summed E-state index contributed by atoms with van der Waals surface area (Å²) in [6.45, 7) is 4.45. The van der Waals surface area contributed by atoms with Crippen LogP contribution in [0.15, 0.2) is 42.5 Å². The number of ether oxygens (including phenoxy) is 1. The second-order valence-electron chi connectivity index (χ2n) is 8.18. The van der Waals surface area contributed by atoms with Gasteiger partial charge in [-0.25, -0.2) is 8.42 Å². The summed E-state index contributed by atoms with van der Waals surface area (Å²) in [5.41, 5.74) is 11.1. The molecule has 0 radical (unpaired) electrons. The van der Waals surface area contributed by atoms with Crippen LogP contribution in [0.4, 0.5) is 11.4 Å². The third-order valence-corrected chi connectivity index (χ3v) is 7.41. The molecule has 0 unspecified atom stereocenters. The van der Waals surface area contributed by atoms with Crippen LogP contribution in [0.25, 0.3) is 22.2 Å². The van der Waals surface area contributed by atoms with Crippen molar-refractivity contribution in [1.82, 2.24) is 4.57 Å². The lowest BCUT2D eigenvalue weighted by atomic mass is 10.1. The first-order chi connectivity index (χ1) is 14.9. The van der Waals surface area contributed by atoms with E-state index in [1.54, 1.807) is 0 Å². The Kier molecular flexibility index (Phi) is 6.14. The zero-order valence-corrected chi connectivity index (χ0v) is 19.0. The van der Waals surface area contributed by atoms with E-state index in [1.807, 2.05) is 50.2 Å². The van der Waals surface area contributed by atoms with Gasteiger partial charge in [0.15, 0.2) is 0 Å². The number of hydrogen-bond acceptors (Lipinski definition) is 4. The van der Waals surface area contributed by atoms with Crippen LogP contribution in [-0.2, 0) is 10.0 Å². The second kappa shape index (κ2) is 8.83. The fraction of sp³-hybridized carbons (Fsp3) is 0.417. The van der Waals surface area contributed by atoms with Gasteiger partial charge in [0.05, 0.1) is 29.3 Å². The first kappa shape index (κ1) is 21.6. The van der Waals surface area contributed by atoms with Crippen LogP contribution in [0.5, 0.6) is 5.75 Å². The van der Waals surface area contributed by atoms with Crippen molar-refractivity contribution in [2.75, 3.05) is 22.8 Å². The Morgan fingerprint density at radius 3 is 2.45 bits per heavy atom. The third-order valence-electron chi connectivity index (χ3n) is 5.92. The number of nitrogen functional groups attached to an aromatic ring is 1. The predicted octanol–water partition coefficient (Wildman–Crippen LogP) is 5.56. The highest BCUT2D eigenvalue weighted by Crippen LogP contribution is 2.43. The molecule has 166 valence electrons. The van der Waals surface area contributed by atoms with Gasteiger partial charge in [0.2, 0.25) is 10.0 Å². The van der Waals surface area contributed by atoms with E-state index in [9.17, 15) is 8.42 Å². The molecule has 1 fully saturated rings. The minimum absolute atomic E-state index is 0.111. The van der Waals surface area contributed by atoms with E-state index in [0.29, 0.717) is 24.8 Å². The highest BCUT2D eigenvalue weighted by Gasteiger charge is 2.25. The molecule has 0 aliphatic heterocycles. The zero-order valence-electron chi connectivity index (χ0n) is 18.2. The summed E-state index contributed by atoms with van der Waals surface area (Å²) >= 11 is 0. The summed E-state index contributed by atoms with van der Waals surface area (Å²) in [5, 5.41) is 1.03. The topological polar surface area (TPSA) is 86.3 Å². The normalized spacial score (nSPS) is 14.9. The van der Waals surface area contributed by atoms with Gasteiger partial charge in [-0.3, -0.25) is 4.72 Å². The van der Waals surface area contributed by atoms with Crippen LogP contribution in [0.2, 0.25) is 0 Å². The van der Waals surface area contributed by atoms with Crippen LogP contribution in [0.1, 0.15) is 52.0 Å². The summed E-state index contributed by atoms with van der Waals surface area (Å²) in [6.07, 6.45) is 5.27. The average Bonchev–Trinajstić information content (AvgIpc) is 3.35. The Labute approximate surface area is 184 Å². The van der Waals surface area contributed by atoms with Gasteiger partial charge in [-0.15, -0.1) is 0 Å². The lowest BCUT2D eigenvalue weighted by molar-refractivity contribution is 0.340. The van der Waals surface area contributed by atoms with Crippen LogP contribution >= 0.6 is 0 Å². The van der Waals surface area contributed by atoms with Crippen molar-refractivity contribution in [3.05, 3.63) is 42.5 Å². The number of aromatic nitrogens is 1. The highest BCUT2D eigenvalue weighted by molar-refractivity contribution is 7.92. The van der Waals surface area contributed by atoms with Gasteiger partial charge in [-0.2, -0.15) is 0 Å². The Morgan fingerprint density at radius 1 is 1.10 bits per heavy atom. The van der Waals surface area contributed by atoms with E-state index in [0.717, 1.165) is 46.4 Å². The van der Waals surface area contributed by atoms with Gasteiger partial charge in [-0.1, -0.05) is 31.9 Å². The van der Waals surface area contributed by atoms with Crippen molar-refractivity contribution in [1.29, 1.82) is 0 Å². The molecule has 1 aromatic heterocycles. The lowest BCUT2D eigenvalue weighted by Gasteiger charge is -2.19. The molecule has 1 aliphatic carbocycles.